The van der Waals surface area contributed by atoms with E-state index in [0.717, 1.165) is 12.8 Å². The second-order valence-corrected chi connectivity index (χ2v) is 6.47. The number of fused-ring (bicyclic) bond motifs is 3. The molecule has 1 aliphatic heterocycles. The number of nitrogens with zero attached hydrogens (tertiary/aromatic N) is 2. The van der Waals surface area contributed by atoms with Crippen LogP contribution in [-0.4, -0.2) is 30.2 Å². The molecule has 0 saturated carbocycles. The van der Waals surface area contributed by atoms with Crippen LogP contribution in [0, 0.1) is 0 Å². The summed E-state index contributed by atoms with van der Waals surface area (Å²) >= 11 is 0. The SMILES string of the molecule is CCCCOC(=O)/N=C(\OCC)N1Cc2ccccc2-c2ccccc2C1. The Morgan fingerprint density at radius 2 is 1.56 bits per heavy atom. The fourth-order valence-corrected chi connectivity index (χ4v) is 3.18. The average molecular weight is 366 g/mol. The van der Waals surface area contributed by atoms with E-state index in [1.165, 1.54) is 22.3 Å². The number of hydrogen-bond donors (Lipinski definition) is 0. The Hall–Kier alpha value is -2.82. The zero-order chi connectivity index (χ0) is 19.1. The Kier molecular flexibility index (Phi) is 6.47. The number of amidine groups is 1. The highest BCUT2D eigenvalue weighted by Gasteiger charge is 2.23. The maximum Gasteiger partial charge on any atom is 0.438 e. The molecule has 142 valence electrons. The minimum absolute atomic E-state index is 0.311. The lowest BCUT2D eigenvalue weighted by molar-refractivity contribution is 0.152. The summed E-state index contributed by atoms with van der Waals surface area (Å²) in [6, 6.07) is 16.9. The van der Waals surface area contributed by atoms with Crippen LogP contribution in [0.2, 0.25) is 0 Å². The predicted molar refractivity (Wildman–Crippen MR) is 106 cm³/mol. The van der Waals surface area contributed by atoms with Crippen molar-refractivity contribution < 1.29 is 14.3 Å². The Morgan fingerprint density at radius 1 is 0.963 bits per heavy atom. The smallest absolute Gasteiger partial charge is 0.438 e. The van der Waals surface area contributed by atoms with Gasteiger partial charge >= 0.3 is 6.09 Å². The topological polar surface area (TPSA) is 51.1 Å². The summed E-state index contributed by atoms with van der Waals surface area (Å²) in [6.45, 7) is 5.98. The van der Waals surface area contributed by atoms with Crippen LogP contribution in [-0.2, 0) is 22.6 Å². The van der Waals surface area contributed by atoms with E-state index in [9.17, 15) is 4.79 Å². The Morgan fingerprint density at radius 3 is 2.11 bits per heavy atom. The van der Waals surface area contributed by atoms with Gasteiger partial charge < -0.3 is 14.4 Å². The van der Waals surface area contributed by atoms with Gasteiger partial charge in [0.25, 0.3) is 6.02 Å². The molecule has 1 aliphatic rings. The summed E-state index contributed by atoms with van der Waals surface area (Å²) in [4.78, 5) is 18.2. The maximum absolute atomic E-state index is 12.1. The van der Waals surface area contributed by atoms with E-state index >= 15 is 0 Å². The van der Waals surface area contributed by atoms with Gasteiger partial charge in [0.1, 0.15) is 0 Å². The second kappa shape index (κ2) is 9.21. The van der Waals surface area contributed by atoms with Crippen molar-refractivity contribution in [3.63, 3.8) is 0 Å². The molecule has 0 fully saturated rings. The first-order valence-corrected chi connectivity index (χ1v) is 9.52. The van der Waals surface area contributed by atoms with Gasteiger partial charge in [-0.3, -0.25) is 0 Å². The molecule has 0 unspecified atom stereocenters. The van der Waals surface area contributed by atoms with E-state index in [2.05, 4.69) is 36.2 Å². The molecule has 3 rings (SSSR count). The van der Waals surface area contributed by atoms with Gasteiger partial charge in [0.2, 0.25) is 0 Å². The number of rotatable bonds is 4. The third-order valence-corrected chi connectivity index (χ3v) is 4.50. The molecule has 0 radical (unpaired) electrons. The monoisotopic (exact) mass is 366 g/mol. The highest BCUT2D eigenvalue weighted by Crippen LogP contribution is 2.32. The van der Waals surface area contributed by atoms with Gasteiger partial charge in [-0.1, -0.05) is 61.9 Å². The summed E-state index contributed by atoms with van der Waals surface area (Å²) in [5.74, 6) is 0. The molecule has 0 aliphatic carbocycles. The number of carbonyl (C=O) groups is 1. The van der Waals surface area contributed by atoms with Gasteiger partial charge in [-0.25, -0.2) is 4.79 Å². The van der Waals surface area contributed by atoms with Gasteiger partial charge in [-0.15, -0.1) is 4.99 Å². The van der Waals surface area contributed by atoms with Crippen LogP contribution in [0.3, 0.4) is 0 Å². The molecule has 0 atom stereocenters. The molecule has 0 bridgehead atoms. The fourth-order valence-electron chi connectivity index (χ4n) is 3.18. The lowest BCUT2D eigenvalue weighted by atomic mass is 9.97. The van der Waals surface area contributed by atoms with Crippen LogP contribution >= 0.6 is 0 Å². The summed E-state index contributed by atoms with van der Waals surface area (Å²) in [6.07, 6.45) is 1.20. The molecule has 0 saturated heterocycles. The first-order chi connectivity index (χ1) is 13.2. The summed E-state index contributed by atoms with van der Waals surface area (Å²) in [7, 11) is 0. The molecule has 0 spiro atoms. The number of amides is 1. The van der Waals surface area contributed by atoms with Crippen LogP contribution in [0.25, 0.3) is 11.1 Å². The number of unbranched alkanes of at least 4 members (excludes halogenated alkanes) is 1. The van der Waals surface area contributed by atoms with Crippen LogP contribution in [0.15, 0.2) is 53.5 Å². The number of aliphatic imine (C=N–C) groups is 1. The van der Waals surface area contributed by atoms with Crippen LogP contribution in [0.1, 0.15) is 37.8 Å². The molecule has 27 heavy (non-hydrogen) atoms. The van der Waals surface area contributed by atoms with Crippen LogP contribution in [0.5, 0.6) is 0 Å². The van der Waals surface area contributed by atoms with E-state index in [-0.39, 0.29) is 0 Å². The van der Waals surface area contributed by atoms with E-state index in [1.807, 2.05) is 36.1 Å². The fraction of sp³-hybridized carbons (Fsp3) is 0.364. The third-order valence-electron chi connectivity index (χ3n) is 4.50. The van der Waals surface area contributed by atoms with Crippen molar-refractivity contribution in [1.82, 2.24) is 4.90 Å². The van der Waals surface area contributed by atoms with Crippen molar-refractivity contribution in [1.29, 1.82) is 0 Å². The molecule has 1 amide bonds. The molecule has 2 aromatic carbocycles. The molecular formula is C22H26N2O3. The van der Waals surface area contributed by atoms with Gasteiger partial charge in [0.15, 0.2) is 0 Å². The van der Waals surface area contributed by atoms with Gasteiger partial charge in [-0.05, 0) is 35.6 Å². The molecule has 0 aromatic heterocycles. The van der Waals surface area contributed by atoms with Crippen molar-refractivity contribution in [2.24, 2.45) is 4.99 Å². The maximum atomic E-state index is 12.1. The second-order valence-electron chi connectivity index (χ2n) is 6.47. The highest BCUT2D eigenvalue weighted by atomic mass is 16.6. The number of benzene rings is 2. The van der Waals surface area contributed by atoms with Crippen molar-refractivity contribution in [3.8, 4) is 11.1 Å². The largest absolute Gasteiger partial charge is 0.465 e. The van der Waals surface area contributed by atoms with Crippen molar-refractivity contribution >= 4 is 12.1 Å². The van der Waals surface area contributed by atoms with Crippen molar-refractivity contribution in [3.05, 3.63) is 59.7 Å². The first kappa shape index (κ1) is 19.0. The quantitative estimate of drug-likeness (QED) is 0.434. The lowest BCUT2D eigenvalue weighted by Gasteiger charge is -2.24. The number of carbonyl (C=O) groups excluding carboxylic acids is 1. The Bertz CT molecular complexity index is 769. The predicted octanol–water partition coefficient (Wildman–Crippen LogP) is 5.00. The summed E-state index contributed by atoms with van der Waals surface area (Å²) in [5.41, 5.74) is 4.76. The molecule has 0 N–H and O–H groups in total. The van der Waals surface area contributed by atoms with Gasteiger partial charge in [0, 0.05) is 13.1 Å². The average Bonchev–Trinajstić information content (AvgIpc) is 2.85. The lowest BCUT2D eigenvalue weighted by Crippen LogP contribution is -2.32. The number of hydrogen-bond acceptors (Lipinski definition) is 3. The molecular weight excluding hydrogens is 340 g/mol. The third kappa shape index (κ3) is 4.67. The summed E-state index contributed by atoms with van der Waals surface area (Å²) < 4.78 is 10.9. The van der Waals surface area contributed by atoms with E-state index < -0.39 is 6.09 Å². The summed E-state index contributed by atoms with van der Waals surface area (Å²) in [5, 5.41) is 0. The van der Waals surface area contributed by atoms with E-state index in [0.29, 0.717) is 32.3 Å². The van der Waals surface area contributed by atoms with E-state index in [1.54, 1.807) is 0 Å². The van der Waals surface area contributed by atoms with Crippen molar-refractivity contribution in [2.45, 2.75) is 39.8 Å². The van der Waals surface area contributed by atoms with Gasteiger partial charge in [-0.2, -0.15) is 0 Å². The van der Waals surface area contributed by atoms with Crippen molar-refractivity contribution in [2.75, 3.05) is 13.2 Å². The Labute approximate surface area is 160 Å². The zero-order valence-corrected chi connectivity index (χ0v) is 16.0. The standard InChI is InChI=1S/C22H26N2O3/c1-3-5-14-27-22(25)23-21(26-4-2)24-15-17-10-6-8-12-19(17)20-13-9-7-11-18(20)16-24/h6-13H,3-5,14-16H2,1-2H3/b23-21-. The van der Waals surface area contributed by atoms with Crippen LogP contribution in [0.4, 0.5) is 4.79 Å². The molecule has 5 heteroatoms. The Balaban J connectivity index is 1.91. The zero-order valence-electron chi connectivity index (χ0n) is 16.0. The minimum Gasteiger partial charge on any atom is -0.465 e. The minimum atomic E-state index is -0.599. The normalized spacial score (nSPS) is 13.4. The van der Waals surface area contributed by atoms with Gasteiger partial charge in [0.05, 0.1) is 13.2 Å². The number of ether oxygens (including phenoxy) is 2. The highest BCUT2D eigenvalue weighted by molar-refractivity contribution is 5.87. The molecule has 1 heterocycles. The van der Waals surface area contributed by atoms with E-state index in [4.69, 9.17) is 9.47 Å². The first-order valence-electron chi connectivity index (χ1n) is 9.52. The van der Waals surface area contributed by atoms with Crippen LogP contribution < -0.4 is 0 Å². The molecule has 2 aromatic rings. The molecule has 5 nitrogen and oxygen atoms in total.